The van der Waals surface area contributed by atoms with Crippen LogP contribution < -0.4 is 0 Å². The summed E-state index contributed by atoms with van der Waals surface area (Å²) in [5.74, 6) is 1.91. The van der Waals surface area contributed by atoms with Crippen LogP contribution >= 0.6 is 27.5 Å². The lowest BCUT2D eigenvalue weighted by Crippen LogP contribution is -1.96. The van der Waals surface area contributed by atoms with Crippen molar-refractivity contribution in [3.05, 3.63) is 34.9 Å². The molecule has 68 valence electrons. The summed E-state index contributed by atoms with van der Waals surface area (Å²) < 4.78 is 0. The third-order valence-electron chi connectivity index (χ3n) is 1.66. The van der Waals surface area contributed by atoms with Crippen molar-refractivity contribution in [1.82, 2.24) is 0 Å². The predicted octanol–water partition coefficient (Wildman–Crippen LogP) is 3.34. The van der Waals surface area contributed by atoms with Gasteiger partial charge in [-0.05, 0) is 24.6 Å². The maximum absolute atomic E-state index is 10.6. The molecule has 1 nitrogen and oxygen atoms in total. The Morgan fingerprint density at radius 2 is 2.00 bits per heavy atom. The Hall–Kier alpha value is -0.560. The highest BCUT2D eigenvalue weighted by Crippen LogP contribution is 2.22. The van der Waals surface area contributed by atoms with Crippen molar-refractivity contribution in [1.29, 1.82) is 0 Å². The number of rotatable bonds is 2. The zero-order valence-electron chi connectivity index (χ0n) is 7.05. The Morgan fingerprint density at radius 3 is 2.38 bits per heavy atom. The minimum atomic E-state index is 0.00572. The largest absolute Gasteiger partial charge is 0.233 e. The Bertz CT molecular complexity index is 336. The molecule has 0 bridgehead atoms. The molecule has 3 heteroatoms. The van der Waals surface area contributed by atoms with Gasteiger partial charge in [-0.1, -0.05) is 39.7 Å². The normalized spacial score (nSPS) is 11.9. The Balaban J connectivity index is 3.08. The first-order valence-electron chi connectivity index (χ1n) is 3.80. The molecule has 0 aliphatic rings. The molecular weight excluding hydrogens is 251 g/mol. The van der Waals surface area contributed by atoms with E-state index in [-0.39, 0.29) is 4.83 Å². The van der Waals surface area contributed by atoms with Gasteiger partial charge in [0.25, 0.3) is 0 Å². The molecule has 13 heavy (non-hydrogen) atoms. The molecule has 0 saturated heterocycles. The molecule has 0 aliphatic carbocycles. The van der Waals surface area contributed by atoms with Crippen LogP contribution in [-0.2, 0) is 4.79 Å². The lowest BCUT2D eigenvalue weighted by atomic mass is 10.1. The molecular formula is C10H8BrClO. The van der Waals surface area contributed by atoms with Crippen LogP contribution in [0.4, 0.5) is 0 Å². The van der Waals surface area contributed by atoms with Crippen LogP contribution in [0.3, 0.4) is 0 Å². The van der Waals surface area contributed by atoms with Crippen molar-refractivity contribution in [2.75, 3.05) is 0 Å². The number of halogens is 2. The standard InChI is InChI=1S/C10H8BrClO/c1-7(11)10(6-13)8-2-4-9(12)5-3-8/h2-5,7H,1H3. The van der Waals surface area contributed by atoms with Crippen LogP contribution in [0.25, 0.3) is 5.57 Å². The van der Waals surface area contributed by atoms with Crippen LogP contribution in [0.15, 0.2) is 24.3 Å². The first-order chi connectivity index (χ1) is 6.15. The van der Waals surface area contributed by atoms with Crippen molar-refractivity contribution in [2.45, 2.75) is 11.8 Å². The van der Waals surface area contributed by atoms with Crippen molar-refractivity contribution in [3.63, 3.8) is 0 Å². The molecule has 0 saturated carbocycles. The average Bonchev–Trinajstić information content (AvgIpc) is 2.09. The molecule has 0 heterocycles. The maximum atomic E-state index is 10.6. The predicted molar refractivity (Wildman–Crippen MR) is 58.9 cm³/mol. The third-order valence-corrected chi connectivity index (χ3v) is 2.37. The van der Waals surface area contributed by atoms with Gasteiger partial charge < -0.3 is 0 Å². The summed E-state index contributed by atoms with van der Waals surface area (Å²) in [7, 11) is 0. The van der Waals surface area contributed by atoms with Gasteiger partial charge in [-0.3, -0.25) is 0 Å². The highest BCUT2D eigenvalue weighted by Gasteiger charge is 2.08. The van der Waals surface area contributed by atoms with Gasteiger partial charge in [0.05, 0.1) is 5.57 Å². The summed E-state index contributed by atoms with van der Waals surface area (Å²) in [5, 5.41) is 0.663. The first-order valence-corrected chi connectivity index (χ1v) is 5.09. The summed E-state index contributed by atoms with van der Waals surface area (Å²) in [6.45, 7) is 1.88. The average molecular weight is 260 g/mol. The van der Waals surface area contributed by atoms with Crippen molar-refractivity contribution in [2.24, 2.45) is 0 Å². The van der Waals surface area contributed by atoms with Gasteiger partial charge in [0, 0.05) is 9.85 Å². The second kappa shape index (κ2) is 4.61. The number of hydrogen-bond donors (Lipinski definition) is 0. The fraction of sp³-hybridized carbons (Fsp3) is 0.200. The number of alkyl halides is 1. The van der Waals surface area contributed by atoms with E-state index in [0.29, 0.717) is 10.6 Å². The van der Waals surface area contributed by atoms with Crippen LogP contribution in [0.2, 0.25) is 5.02 Å². The van der Waals surface area contributed by atoms with Crippen molar-refractivity contribution in [3.8, 4) is 0 Å². The Kier molecular flexibility index (Phi) is 3.73. The van der Waals surface area contributed by atoms with E-state index in [0.717, 1.165) is 5.56 Å². The van der Waals surface area contributed by atoms with E-state index in [2.05, 4.69) is 15.9 Å². The van der Waals surface area contributed by atoms with Gasteiger partial charge >= 0.3 is 0 Å². The highest BCUT2D eigenvalue weighted by atomic mass is 79.9. The molecule has 0 spiro atoms. The minimum Gasteiger partial charge on any atom is -0.233 e. The molecule has 0 fully saturated rings. The van der Waals surface area contributed by atoms with E-state index in [9.17, 15) is 4.79 Å². The fourth-order valence-electron chi connectivity index (χ4n) is 0.999. The molecule has 0 aromatic heterocycles. The Labute approximate surface area is 90.5 Å². The van der Waals surface area contributed by atoms with E-state index < -0.39 is 0 Å². The monoisotopic (exact) mass is 258 g/mol. The summed E-state index contributed by atoms with van der Waals surface area (Å²) in [5.41, 5.74) is 1.46. The topological polar surface area (TPSA) is 17.1 Å². The van der Waals surface area contributed by atoms with Crippen LogP contribution in [0, 0.1) is 0 Å². The molecule has 0 radical (unpaired) electrons. The quantitative estimate of drug-likeness (QED) is 0.588. The SMILES string of the molecule is CC(Br)C(=C=O)c1ccc(Cl)cc1. The molecule has 1 rings (SSSR count). The molecule has 0 amide bonds. The fourth-order valence-corrected chi connectivity index (χ4v) is 1.48. The van der Waals surface area contributed by atoms with E-state index in [1.165, 1.54) is 0 Å². The summed E-state index contributed by atoms with van der Waals surface area (Å²) in [6.07, 6.45) is 0. The van der Waals surface area contributed by atoms with Gasteiger partial charge in [-0.25, -0.2) is 4.79 Å². The number of hydrogen-bond acceptors (Lipinski definition) is 1. The van der Waals surface area contributed by atoms with E-state index in [1.807, 2.05) is 12.9 Å². The smallest absolute Gasteiger partial charge is 0.129 e. The van der Waals surface area contributed by atoms with Gasteiger partial charge in [-0.15, -0.1) is 0 Å². The first kappa shape index (κ1) is 10.5. The molecule has 1 atom stereocenters. The van der Waals surface area contributed by atoms with Gasteiger partial charge in [0.15, 0.2) is 0 Å². The number of carbonyl (C=O) groups excluding carboxylic acids is 1. The lowest BCUT2D eigenvalue weighted by Gasteiger charge is -2.04. The second-order valence-electron chi connectivity index (χ2n) is 2.64. The molecule has 1 aromatic rings. The van der Waals surface area contributed by atoms with E-state index >= 15 is 0 Å². The van der Waals surface area contributed by atoms with Gasteiger partial charge in [0.2, 0.25) is 0 Å². The lowest BCUT2D eigenvalue weighted by molar-refractivity contribution is 0.569. The zero-order valence-corrected chi connectivity index (χ0v) is 9.39. The van der Waals surface area contributed by atoms with E-state index in [4.69, 9.17) is 11.6 Å². The van der Waals surface area contributed by atoms with Gasteiger partial charge in [-0.2, -0.15) is 0 Å². The molecule has 0 aliphatic heterocycles. The van der Waals surface area contributed by atoms with E-state index in [1.54, 1.807) is 24.3 Å². The molecule has 1 unspecified atom stereocenters. The Morgan fingerprint density at radius 1 is 1.46 bits per heavy atom. The summed E-state index contributed by atoms with van der Waals surface area (Å²) >= 11 is 9.04. The second-order valence-corrected chi connectivity index (χ2v) is 4.45. The zero-order chi connectivity index (χ0) is 9.84. The van der Waals surface area contributed by atoms with Gasteiger partial charge in [0.1, 0.15) is 5.94 Å². The molecule has 1 aromatic carbocycles. The molecule has 0 N–H and O–H groups in total. The van der Waals surface area contributed by atoms with Crippen molar-refractivity contribution >= 4 is 39.0 Å². The summed E-state index contributed by atoms with van der Waals surface area (Å²) in [6, 6.07) is 7.12. The number of benzene rings is 1. The van der Waals surface area contributed by atoms with Crippen LogP contribution in [-0.4, -0.2) is 10.8 Å². The summed E-state index contributed by atoms with van der Waals surface area (Å²) in [4.78, 5) is 10.6. The van der Waals surface area contributed by atoms with Crippen LogP contribution in [0.1, 0.15) is 12.5 Å². The van der Waals surface area contributed by atoms with Crippen molar-refractivity contribution < 1.29 is 4.79 Å². The highest BCUT2D eigenvalue weighted by molar-refractivity contribution is 9.09. The minimum absolute atomic E-state index is 0.00572. The number of allylic oxidation sites excluding steroid dienone is 1. The van der Waals surface area contributed by atoms with Crippen LogP contribution in [0.5, 0.6) is 0 Å². The maximum Gasteiger partial charge on any atom is 0.129 e. The third kappa shape index (κ3) is 2.70.